The maximum absolute atomic E-state index is 12.0. The lowest BCUT2D eigenvalue weighted by atomic mass is 10.5. The van der Waals surface area contributed by atoms with Crippen molar-refractivity contribution in [2.75, 3.05) is 25.9 Å². The first-order valence-electron chi connectivity index (χ1n) is 5.83. The van der Waals surface area contributed by atoms with Crippen LogP contribution >= 0.6 is 27.3 Å². The van der Waals surface area contributed by atoms with Gasteiger partial charge in [0.1, 0.15) is 0 Å². The van der Waals surface area contributed by atoms with Crippen LogP contribution in [0.5, 0.6) is 0 Å². The molecule has 0 unspecified atom stereocenters. The summed E-state index contributed by atoms with van der Waals surface area (Å²) in [6.45, 7) is 3.86. The SMILES string of the molecule is CCCNCCS(=O)(=O)N(C)Cc1cc(Br)cs1. The molecule has 4 nitrogen and oxygen atoms in total. The second kappa shape index (κ2) is 7.59. The molecule has 0 aliphatic rings. The van der Waals surface area contributed by atoms with Gasteiger partial charge in [-0.2, -0.15) is 4.31 Å². The molecular formula is C11H19BrN2O2S2. The van der Waals surface area contributed by atoms with Crippen molar-refractivity contribution >= 4 is 37.3 Å². The van der Waals surface area contributed by atoms with Gasteiger partial charge in [0.05, 0.1) is 5.75 Å². The van der Waals surface area contributed by atoms with Crippen molar-refractivity contribution in [1.82, 2.24) is 9.62 Å². The van der Waals surface area contributed by atoms with Crippen LogP contribution in [-0.2, 0) is 16.6 Å². The van der Waals surface area contributed by atoms with Gasteiger partial charge < -0.3 is 5.32 Å². The topological polar surface area (TPSA) is 49.4 Å². The number of hydrogen-bond acceptors (Lipinski definition) is 4. The third-order valence-corrected chi connectivity index (χ3v) is 5.92. The fourth-order valence-electron chi connectivity index (χ4n) is 1.41. The number of thiophene rings is 1. The summed E-state index contributed by atoms with van der Waals surface area (Å²) in [5.74, 6) is 0.149. The van der Waals surface area contributed by atoms with E-state index in [9.17, 15) is 8.42 Å². The molecule has 0 aliphatic heterocycles. The van der Waals surface area contributed by atoms with Crippen molar-refractivity contribution in [3.05, 3.63) is 20.8 Å². The second-order valence-electron chi connectivity index (χ2n) is 4.05. The monoisotopic (exact) mass is 354 g/mol. The van der Waals surface area contributed by atoms with Crippen LogP contribution in [0.3, 0.4) is 0 Å². The van der Waals surface area contributed by atoms with Crippen molar-refractivity contribution in [1.29, 1.82) is 0 Å². The predicted molar refractivity (Wildman–Crippen MR) is 80.4 cm³/mol. The molecule has 0 atom stereocenters. The highest BCUT2D eigenvalue weighted by molar-refractivity contribution is 9.10. The summed E-state index contributed by atoms with van der Waals surface area (Å²) in [6, 6.07) is 1.95. The molecule has 1 aromatic heterocycles. The molecule has 0 saturated carbocycles. The van der Waals surface area contributed by atoms with Crippen LogP contribution in [0, 0.1) is 0 Å². The molecule has 0 aromatic carbocycles. The fourth-order valence-corrected chi connectivity index (χ4v) is 4.05. The molecule has 0 aliphatic carbocycles. The highest BCUT2D eigenvalue weighted by Gasteiger charge is 2.18. The Bertz CT molecular complexity index is 459. The maximum atomic E-state index is 12.0. The van der Waals surface area contributed by atoms with Gasteiger partial charge in [-0.05, 0) is 35.0 Å². The Kier molecular flexibility index (Phi) is 6.79. The summed E-state index contributed by atoms with van der Waals surface area (Å²) in [4.78, 5) is 1.04. The van der Waals surface area contributed by atoms with Crippen molar-refractivity contribution in [3.63, 3.8) is 0 Å². The van der Waals surface area contributed by atoms with Crippen molar-refractivity contribution in [2.45, 2.75) is 19.9 Å². The minimum Gasteiger partial charge on any atom is -0.316 e. The van der Waals surface area contributed by atoms with Crippen LogP contribution in [-0.4, -0.2) is 38.6 Å². The first-order valence-corrected chi connectivity index (χ1v) is 9.11. The Morgan fingerprint density at radius 2 is 2.17 bits per heavy atom. The number of nitrogens with zero attached hydrogens (tertiary/aromatic N) is 1. The van der Waals surface area contributed by atoms with E-state index in [1.165, 1.54) is 4.31 Å². The van der Waals surface area contributed by atoms with E-state index in [1.54, 1.807) is 18.4 Å². The van der Waals surface area contributed by atoms with E-state index in [4.69, 9.17) is 0 Å². The van der Waals surface area contributed by atoms with Crippen LogP contribution in [0.15, 0.2) is 15.9 Å². The molecule has 104 valence electrons. The van der Waals surface area contributed by atoms with Crippen LogP contribution in [0.2, 0.25) is 0 Å². The summed E-state index contributed by atoms with van der Waals surface area (Å²) >= 11 is 4.92. The van der Waals surface area contributed by atoms with E-state index in [1.807, 2.05) is 11.4 Å². The third kappa shape index (κ3) is 5.36. The van der Waals surface area contributed by atoms with Gasteiger partial charge in [0.2, 0.25) is 10.0 Å². The summed E-state index contributed by atoms with van der Waals surface area (Å²) in [5.41, 5.74) is 0. The number of hydrogen-bond donors (Lipinski definition) is 1. The molecule has 1 N–H and O–H groups in total. The average Bonchev–Trinajstić information content (AvgIpc) is 2.70. The lowest BCUT2D eigenvalue weighted by Crippen LogP contribution is -2.33. The van der Waals surface area contributed by atoms with Gasteiger partial charge >= 0.3 is 0 Å². The zero-order valence-corrected chi connectivity index (χ0v) is 13.9. The van der Waals surface area contributed by atoms with Crippen LogP contribution in [0.1, 0.15) is 18.2 Å². The van der Waals surface area contributed by atoms with Gasteiger partial charge in [-0.25, -0.2) is 8.42 Å². The molecular weight excluding hydrogens is 336 g/mol. The zero-order valence-electron chi connectivity index (χ0n) is 10.6. The smallest absolute Gasteiger partial charge is 0.215 e. The predicted octanol–water partition coefficient (Wildman–Crippen LogP) is 2.27. The molecule has 0 bridgehead atoms. The highest BCUT2D eigenvalue weighted by Crippen LogP contribution is 2.21. The third-order valence-electron chi connectivity index (χ3n) is 2.44. The van der Waals surface area contributed by atoms with Crippen LogP contribution in [0.25, 0.3) is 0 Å². The molecule has 1 rings (SSSR count). The first-order chi connectivity index (χ1) is 8.45. The van der Waals surface area contributed by atoms with Crippen molar-refractivity contribution in [3.8, 4) is 0 Å². The van der Waals surface area contributed by atoms with E-state index in [2.05, 4.69) is 28.2 Å². The number of rotatable bonds is 8. The molecule has 0 saturated heterocycles. The number of sulfonamides is 1. The summed E-state index contributed by atoms with van der Waals surface area (Å²) in [6.07, 6.45) is 1.01. The Morgan fingerprint density at radius 3 is 2.72 bits per heavy atom. The molecule has 0 radical (unpaired) electrons. The molecule has 0 amide bonds. The zero-order chi connectivity index (χ0) is 13.6. The fraction of sp³-hybridized carbons (Fsp3) is 0.636. The minimum absolute atomic E-state index is 0.149. The van der Waals surface area contributed by atoms with Gasteiger partial charge in [-0.1, -0.05) is 6.92 Å². The number of halogens is 1. The van der Waals surface area contributed by atoms with Crippen molar-refractivity contribution < 1.29 is 8.42 Å². The van der Waals surface area contributed by atoms with Gasteiger partial charge in [-0.3, -0.25) is 0 Å². The Balaban J connectivity index is 2.46. The molecule has 0 spiro atoms. The normalized spacial score (nSPS) is 12.2. The summed E-state index contributed by atoms with van der Waals surface area (Å²) in [7, 11) is -1.54. The number of nitrogens with one attached hydrogen (secondary N) is 1. The Morgan fingerprint density at radius 1 is 1.44 bits per heavy atom. The lowest BCUT2D eigenvalue weighted by molar-refractivity contribution is 0.468. The Labute approximate surface area is 122 Å². The largest absolute Gasteiger partial charge is 0.316 e. The van der Waals surface area contributed by atoms with E-state index in [-0.39, 0.29) is 5.75 Å². The average molecular weight is 355 g/mol. The second-order valence-corrected chi connectivity index (χ2v) is 8.16. The standard InChI is InChI=1S/C11H19BrN2O2S2/c1-3-4-13-5-6-18(15,16)14(2)8-11-7-10(12)9-17-11/h7,9,13H,3-6,8H2,1-2H3. The molecule has 1 aromatic rings. The van der Waals surface area contributed by atoms with Gasteiger partial charge in [0.15, 0.2) is 0 Å². The summed E-state index contributed by atoms with van der Waals surface area (Å²) < 4.78 is 26.4. The highest BCUT2D eigenvalue weighted by atomic mass is 79.9. The molecule has 0 fully saturated rings. The van der Waals surface area contributed by atoms with E-state index in [0.29, 0.717) is 13.1 Å². The van der Waals surface area contributed by atoms with Crippen LogP contribution < -0.4 is 5.32 Å². The van der Waals surface area contributed by atoms with Crippen molar-refractivity contribution in [2.24, 2.45) is 0 Å². The van der Waals surface area contributed by atoms with E-state index >= 15 is 0 Å². The minimum atomic E-state index is -3.17. The van der Waals surface area contributed by atoms with E-state index in [0.717, 1.165) is 22.3 Å². The summed E-state index contributed by atoms with van der Waals surface area (Å²) in [5, 5.41) is 5.06. The quantitative estimate of drug-likeness (QED) is 0.728. The van der Waals surface area contributed by atoms with Crippen LogP contribution in [0.4, 0.5) is 0 Å². The Hall–Kier alpha value is 0.0500. The van der Waals surface area contributed by atoms with E-state index < -0.39 is 10.0 Å². The maximum Gasteiger partial charge on any atom is 0.215 e. The first kappa shape index (κ1) is 16.1. The van der Waals surface area contributed by atoms with Gasteiger partial charge in [0.25, 0.3) is 0 Å². The molecule has 18 heavy (non-hydrogen) atoms. The molecule has 7 heteroatoms. The van der Waals surface area contributed by atoms with Gasteiger partial charge in [-0.15, -0.1) is 11.3 Å². The molecule has 1 heterocycles. The van der Waals surface area contributed by atoms with Gasteiger partial charge in [0, 0.05) is 34.9 Å². The lowest BCUT2D eigenvalue weighted by Gasteiger charge is -2.16.